The van der Waals surface area contributed by atoms with Gasteiger partial charge in [-0.05, 0) is 13.8 Å². The molecule has 2 rings (SSSR count). The van der Waals surface area contributed by atoms with Crippen LogP contribution in [0.3, 0.4) is 0 Å². The van der Waals surface area contributed by atoms with Crippen LogP contribution >= 0.6 is 0 Å². The van der Waals surface area contributed by atoms with E-state index >= 15 is 0 Å². The van der Waals surface area contributed by atoms with Crippen LogP contribution in [0.2, 0.25) is 0 Å². The van der Waals surface area contributed by atoms with Crippen molar-refractivity contribution < 1.29 is 0 Å². The summed E-state index contributed by atoms with van der Waals surface area (Å²) in [5, 5.41) is 8.53. The van der Waals surface area contributed by atoms with Crippen LogP contribution in [-0.2, 0) is 6.54 Å². The number of fused-ring (bicyclic) bond motifs is 1. The fraction of sp³-hybridized carbons (Fsp3) is 0.400. The first-order chi connectivity index (χ1) is 7.22. The minimum atomic E-state index is 0.466. The Morgan fingerprint density at radius 3 is 2.93 bits per heavy atom. The number of aromatic nitrogens is 4. The predicted molar refractivity (Wildman–Crippen MR) is 55.0 cm³/mol. The van der Waals surface area contributed by atoms with Gasteiger partial charge in [-0.25, -0.2) is 15.0 Å². The molecule has 76 valence electrons. The van der Waals surface area contributed by atoms with E-state index in [2.05, 4.69) is 21.0 Å². The average molecular weight is 201 g/mol. The van der Waals surface area contributed by atoms with E-state index in [0.29, 0.717) is 13.0 Å². The minimum Gasteiger partial charge on any atom is -0.314 e. The molecule has 2 aromatic rings. The topological polar surface area (TPSA) is 67.4 Å². The van der Waals surface area contributed by atoms with Gasteiger partial charge in [-0.15, -0.1) is 0 Å². The van der Waals surface area contributed by atoms with Crippen molar-refractivity contribution in [2.24, 2.45) is 0 Å². The molecule has 0 amide bonds. The second-order valence-electron chi connectivity index (χ2n) is 3.37. The number of hydrogen-bond acceptors (Lipinski definition) is 4. The van der Waals surface area contributed by atoms with Crippen molar-refractivity contribution in [1.82, 2.24) is 19.5 Å². The quantitative estimate of drug-likeness (QED) is 0.735. The molecular weight excluding hydrogens is 190 g/mol. The normalized spacial score (nSPS) is 10.5. The zero-order valence-corrected chi connectivity index (χ0v) is 8.73. The summed E-state index contributed by atoms with van der Waals surface area (Å²) in [5.41, 5.74) is 2.52. The average Bonchev–Trinajstić information content (AvgIpc) is 2.58. The lowest BCUT2D eigenvalue weighted by molar-refractivity contribution is 0.727. The number of aryl methyl sites for hydroxylation is 3. The third-order valence-corrected chi connectivity index (χ3v) is 2.21. The van der Waals surface area contributed by atoms with Crippen LogP contribution in [-0.4, -0.2) is 19.5 Å². The van der Waals surface area contributed by atoms with Crippen molar-refractivity contribution in [3.63, 3.8) is 0 Å². The van der Waals surface area contributed by atoms with Gasteiger partial charge in [-0.1, -0.05) is 0 Å². The third kappa shape index (κ3) is 1.66. The van der Waals surface area contributed by atoms with E-state index in [1.165, 1.54) is 0 Å². The van der Waals surface area contributed by atoms with Crippen molar-refractivity contribution in [2.45, 2.75) is 26.8 Å². The van der Waals surface area contributed by atoms with Crippen LogP contribution in [0.1, 0.15) is 17.9 Å². The number of imidazole rings is 1. The van der Waals surface area contributed by atoms with Gasteiger partial charge in [-0.3, -0.25) is 0 Å². The first kappa shape index (κ1) is 9.59. The van der Waals surface area contributed by atoms with Crippen LogP contribution in [0, 0.1) is 25.2 Å². The van der Waals surface area contributed by atoms with Crippen molar-refractivity contribution in [3.05, 3.63) is 17.8 Å². The Morgan fingerprint density at radius 1 is 1.40 bits per heavy atom. The molecule has 0 aliphatic carbocycles. The summed E-state index contributed by atoms with van der Waals surface area (Å²) in [6, 6.07) is 2.11. The largest absolute Gasteiger partial charge is 0.314 e. The lowest BCUT2D eigenvalue weighted by Crippen LogP contribution is -1.99. The first-order valence-corrected chi connectivity index (χ1v) is 4.75. The van der Waals surface area contributed by atoms with Gasteiger partial charge < -0.3 is 4.57 Å². The monoisotopic (exact) mass is 201 g/mol. The molecule has 0 unspecified atom stereocenters. The maximum Gasteiger partial charge on any atom is 0.163 e. The predicted octanol–water partition coefficient (Wildman–Crippen LogP) is 1.36. The van der Waals surface area contributed by atoms with Gasteiger partial charge in [0.25, 0.3) is 0 Å². The van der Waals surface area contributed by atoms with E-state index in [9.17, 15) is 0 Å². The minimum absolute atomic E-state index is 0.466. The second-order valence-corrected chi connectivity index (χ2v) is 3.37. The van der Waals surface area contributed by atoms with Gasteiger partial charge in [0.1, 0.15) is 11.3 Å². The van der Waals surface area contributed by atoms with Crippen molar-refractivity contribution in [1.29, 1.82) is 5.26 Å². The van der Waals surface area contributed by atoms with Crippen LogP contribution in [0.15, 0.2) is 6.33 Å². The number of nitrogens with zero attached hydrogens (tertiary/aromatic N) is 5. The highest BCUT2D eigenvalue weighted by Crippen LogP contribution is 2.13. The Labute approximate surface area is 87.4 Å². The Morgan fingerprint density at radius 2 is 2.20 bits per heavy atom. The van der Waals surface area contributed by atoms with Gasteiger partial charge in [0.2, 0.25) is 0 Å². The van der Waals surface area contributed by atoms with Crippen molar-refractivity contribution >= 4 is 11.2 Å². The summed E-state index contributed by atoms with van der Waals surface area (Å²) in [4.78, 5) is 12.8. The molecule has 0 bridgehead atoms. The summed E-state index contributed by atoms with van der Waals surface area (Å²) >= 11 is 0. The molecule has 0 atom stereocenters. The van der Waals surface area contributed by atoms with Crippen LogP contribution < -0.4 is 0 Å². The fourth-order valence-corrected chi connectivity index (χ4v) is 1.56. The maximum absolute atomic E-state index is 8.53. The molecule has 0 aliphatic rings. The van der Waals surface area contributed by atoms with E-state index in [-0.39, 0.29) is 0 Å². The molecule has 5 heteroatoms. The van der Waals surface area contributed by atoms with Crippen molar-refractivity contribution in [2.75, 3.05) is 0 Å². The molecule has 0 aromatic carbocycles. The SMILES string of the molecule is Cc1nc(C)c2ncn(CCC#N)c2n1. The first-order valence-electron chi connectivity index (χ1n) is 4.75. The summed E-state index contributed by atoms with van der Waals surface area (Å²) in [6.45, 7) is 4.40. The van der Waals surface area contributed by atoms with E-state index in [1.54, 1.807) is 6.33 Å². The number of hydrogen-bond donors (Lipinski definition) is 0. The van der Waals surface area contributed by atoms with Crippen LogP contribution in [0.25, 0.3) is 11.2 Å². The molecule has 5 nitrogen and oxygen atoms in total. The van der Waals surface area contributed by atoms with E-state index in [0.717, 1.165) is 22.7 Å². The third-order valence-electron chi connectivity index (χ3n) is 2.21. The molecule has 0 saturated heterocycles. The molecule has 15 heavy (non-hydrogen) atoms. The molecule has 0 saturated carbocycles. The van der Waals surface area contributed by atoms with E-state index in [4.69, 9.17) is 5.26 Å². The van der Waals surface area contributed by atoms with Gasteiger partial charge in [-0.2, -0.15) is 5.26 Å². The molecule has 0 N–H and O–H groups in total. The molecule has 0 spiro atoms. The summed E-state index contributed by atoms with van der Waals surface area (Å²) in [7, 11) is 0. The molecule has 0 aliphatic heterocycles. The molecular formula is C10H11N5. The second kappa shape index (κ2) is 3.65. The van der Waals surface area contributed by atoms with Crippen LogP contribution in [0.4, 0.5) is 0 Å². The Hall–Kier alpha value is -1.96. The molecule has 0 fully saturated rings. The standard InChI is InChI=1S/C10H11N5/c1-7-9-10(14-8(2)13-7)15(6-12-9)5-3-4-11/h6H,3,5H2,1-2H3. The summed E-state index contributed by atoms with van der Waals surface area (Å²) in [5.74, 6) is 0.735. The number of nitriles is 1. The number of rotatable bonds is 2. The Balaban J connectivity index is 2.54. The summed E-state index contributed by atoms with van der Waals surface area (Å²) in [6.07, 6.45) is 2.18. The molecule has 0 radical (unpaired) electrons. The van der Waals surface area contributed by atoms with E-state index in [1.807, 2.05) is 18.4 Å². The van der Waals surface area contributed by atoms with E-state index < -0.39 is 0 Å². The molecule has 2 aromatic heterocycles. The van der Waals surface area contributed by atoms with Crippen molar-refractivity contribution in [3.8, 4) is 6.07 Å². The smallest absolute Gasteiger partial charge is 0.163 e. The van der Waals surface area contributed by atoms with Gasteiger partial charge >= 0.3 is 0 Å². The maximum atomic E-state index is 8.53. The highest BCUT2D eigenvalue weighted by molar-refractivity contribution is 5.73. The Bertz CT molecular complexity index is 534. The lowest BCUT2D eigenvalue weighted by Gasteiger charge is -2.01. The Kier molecular flexibility index (Phi) is 2.34. The molecule has 2 heterocycles. The van der Waals surface area contributed by atoms with Crippen LogP contribution in [0.5, 0.6) is 0 Å². The van der Waals surface area contributed by atoms with Gasteiger partial charge in [0.15, 0.2) is 5.65 Å². The van der Waals surface area contributed by atoms with Gasteiger partial charge in [0.05, 0.1) is 24.5 Å². The fourth-order valence-electron chi connectivity index (χ4n) is 1.56. The lowest BCUT2D eigenvalue weighted by atomic mass is 10.4. The highest BCUT2D eigenvalue weighted by atomic mass is 15.1. The zero-order chi connectivity index (χ0) is 10.8. The zero-order valence-electron chi connectivity index (χ0n) is 8.73. The van der Waals surface area contributed by atoms with Gasteiger partial charge in [0, 0.05) is 6.54 Å². The highest BCUT2D eigenvalue weighted by Gasteiger charge is 2.07. The summed E-state index contributed by atoms with van der Waals surface area (Å²) < 4.78 is 1.89.